The van der Waals surface area contributed by atoms with Gasteiger partial charge in [0, 0.05) is 6.92 Å². The maximum absolute atomic E-state index is 13.2. The SMILES string of the molecule is Cc1ccc(C(C)C)cc1OC(=O)C[N+](C)(C)C(C)(C)CC(C)(OI)[N+](C)(C)CC(=O)Oc1cc(C(C)C)ccc1C. The van der Waals surface area contributed by atoms with Crippen LogP contribution in [0.3, 0.4) is 0 Å². The number of ether oxygens (including phenoxy) is 2. The summed E-state index contributed by atoms with van der Waals surface area (Å²) < 4.78 is 18.5. The van der Waals surface area contributed by atoms with E-state index in [0.29, 0.717) is 34.2 Å². The average molecular weight is 697 g/mol. The van der Waals surface area contributed by atoms with Gasteiger partial charge in [0.2, 0.25) is 5.72 Å². The van der Waals surface area contributed by atoms with Gasteiger partial charge in [0.1, 0.15) is 40.0 Å². The van der Waals surface area contributed by atoms with Crippen LogP contribution >= 0.6 is 23.0 Å². The molecule has 0 fully saturated rings. The molecule has 0 aliphatic rings. The summed E-state index contributed by atoms with van der Waals surface area (Å²) in [6, 6.07) is 12.0. The van der Waals surface area contributed by atoms with E-state index in [1.165, 1.54) is 0 Å². The molecule has 0 saturated heterocycles. The standard InChI is InChI=1S/C34H53IN2O5/c1-23(2)27-16-14-25(5)29(18-27)40-31(38)20-36(10,11)33(7,8)22-34(9,42-35)37(12,13)21-32(39)41-30-19-28(24(3)4)17-15-26(30)6/h14-19,23-24H,20-22H2,1-13H3/q+2. The molecule has 0 aliphatic heterocycles. The van der Waals surface area contributed by atoms with Crippen molar-refractivity contribution in [1.82, 2.24) is 0 Å². The highest BCUT2D eigenvalue weighted by atomic mass is 127. The Labute approximate surface area is 268 Å². The summed E-state index contributed by atoms with van der Waals surface area (Å²) in [5.41, 5.74) is 2.92. The zero-order valence-corrected chi connectivity index (χ0v) is 30.2. The van der Waals surface area contributed by atoms with Gasteiger partial charge in [0.15, 0.2) is 13.1 Å². The maximum Gasteiger partial charge on any atom is 0.367 e. The minimum absolute atomic E-state index is 0.113. The van der Waals surface area contributed by atoms with Gasteiger partial charge in [0.25, 0.3) is 0 Å². The second-order valence-electron chi connectivity index (χ2n) is 14.2. The second-order valence-corrected chi connectivity index (χ2v) is 14.7. The predicted octanol–water partition coefficient (Wildman–Crippen LogP) is 7.47. The number of halogens is 1. The number of carbonyl (C=O) groups excluding carboxylic acids is 2. The van der Waals surface area contributed by atoms with E-state index in [0.717, 1.165) is 22.3 Å². The number of carbonyl (C=O) groups is 2. The molecule has 0 spiro atoms. The molecule has 0 saturated carbocycles. The van der Waals surface area contributed by atoms with E-state index in [9.17, 15) is 9.59 Å². The fraction of sp³-hybridized carbons (Fsp3) is 0.588. The molecule has 0 aromatic heterocycles. The Kier molecular flexibility index (Phi) is 11.8. The number of hydrogen-bond donors (Lipinski definition) is 0. The molecule has 2 aromatic carbocycles. The van der Waals surface area contributed by atoms with Crippen LogP contribution in [0.5, 0.6) is 11.5 Å². The number of benzene rings is 2. The summed E-state index contributed by atoms with van der Waals surface area (Å²) >= 11 is 1.93. The van der Waals surface area contributed by atoms with Gasteiger partial charge < -0.3 is 14.0 Å². The molecular formula is C34H53IN2O5+2. The molecule has 42 heavy (non-hydrogen) atoms. The van der Waals surface area contributed by atoms with E-state index >= 15 is 0 Å². The van der Waals surface area contributed by atoms with Gasteiger partial charge in [-0.05, 0) is 73.9 Å². The van der Waals surface area contributed by atoms with Crippen molar-refractivity contribution in [2.75, 3.05) is 41.3 Å². The molecule has 0 radical (unpaired) electrons. The van der Waals surface area contributed by atoms with Crippen molar-refractivity contribution in [1.29, 1.82) is 0 Å². The van der Waals surface area contributed by atoms with Gasteiger partial charge in [-0.25, -0.2) is 9.59 Å². The lowest BCUT2D eigenvalue weighted by Crippen LogP contribution is -2.67. The number of aryl methyl sites for hydroxylation is 2. The molecule has 0 amide bonds. The van der Waals surface area contributed by atoms with Crippen LogP contribution in [0.2, 0.25) is 0 Å². The van der Waals surface area contributed by atoms with Crippen LogP contribution in [-0.2, 0) is 12.7 Å². The van der Waals surface area contributed by atoms with Crippen molar-refractivity contribution < 1.29 is 31.1 Å². The van der Waals surface area contributed by atoms with Crippen LogP contribution in [0.1, 0.15) is 89.0 Å². The quantitative estimate of drug-likeness (QED) is 0.0716. The van der Waals surface area contributed by atoms with Crippen LogP contribution < -0.4 is 9.47 Å². The third-order valence-corrected chi connectivity index (χ3v) is 10.0. The molecule has 1 unspecified atom stereocenters. The van der Waals surface area contributed by atoms with Gasteiger partial charge in [-0.3, -0.25) is 7.55 Å². The van der Waals surface area contributed by atoms with Crippen molar-refractivity contribution in [3.8, 4) is 11.5 Å². The Hall–Kier alpha value is -2.01. The molecule has 0 aliphatic carbocycles. The number of hydrogen-bond acceptors (Lipinski definition) is 5. The van der Waals surface area contributed by atoms with E-state index in [4.69, 9.17) is 12.5 Å². The Morgan fingerprint density at radius 2 is 1.12 bits per heavy atom. The first kappa shape index (κ1) is 36.2. The molecule has 0 N–H and O–H groups in total. The monoisotopic (exact) mass is 696 g/mol. The topological polar surface area (TPSA) is 61.8 Å². The molecule has 7 nitrogen and oxygen atoms in total. The number of quaternary nitrogens is 2. The van der Waals surface area contributed by atoms with E-state index in [2.05, 4.69) is 53.7 Å². The summed E-state index contributed by atoms with van der Waals surface area (Å²) in [4.78, 5) is 26.5. The molecule has 1 atom stereocenters. The van der Waals surface area contributed by atoms with Gasteiger partial charge >= 0.3 is 11.9 Å². The molecule has 234 valence electrons. The highest BCUT2D eigenvalue weighted by molar-refractivity contribution is 14.1. The fourth-order valence-electron chi connectivity index (χ4n) is 4.86. The summed E-state index contributed by atoms with van der Waals surface area (Å²) in [5, 5.41) is 0. The average Bonchev–Trinajstić information content (AvgIpc) is 2.85. The normalized spacial score (nSPS) is 14.2. The number of esters is 2. The Balaban J connectivity index is 2.19. The van der Waals surface area contributed by atoms with E-state index < -0.39 is 11.3 Å². The number of likely N-dealkylation sites (N-methyl/N-ethyl adjacent to an activating group) is 2. The van der Waals surface area contributed by atoms with Crippen molar-refractivity contribution in [3.05, 3.63) is 58.7 Å². The maximum atomic E-state index is 13.2. The molecule has 8 heteroatoms. The first-order valence-electron chi connectivity index (χ1n) is 14.7. The number of nitrogens with zero attached hydrogens (tertiary/aromatic N) is 2. The second kappa shape index (κ2) is 13.7. The Morgan fingerprint density at radius 1 is 0.738 bits per heavy atom. The van der Waals surface area contributed by atoms with Gasteiger partial charge in [-0.15, -0.1) is 0 Å². The van der Waals surface area contributed by atoms with Crippen molar-refractivity contribution in [2.45, 2.75) is 91.8 Å². The summed E-state index contributed by atoms with van der Waals surface area (Å²) in [5.74, 6) is 1.27. The van der Waals surface area contributed by atoms with Crippen LogP contribution in [0, 0.1) is 13.8 Å². The van der Waals surface area contributed by atoms with Crippen LogP contribution in [0.15, 0.2) is 36.4 Å². The van der Waals surface area contributed by atoms with Gasteiger partial charge in [-0.2, -0.15) is 0 Å². The van der Waals surface area contributed by atoms with E-state index in [1.807, 2.05) is 96.2 Å². The minimum Gasteiger partial charge on any atom is -0.422 e. The third kappa shape index (κ3) is 8.77. The predicted molar refractivity (Wildman–Crippen MR) is 178 cm³/mol. The highest BCUT2D eigenvalue weighted by Gasteiger charge is 2.53. The smallest absolute Gasteiger partial charge is 0.367 e. The lowest BCUT2D eigenvalue weighted by Gasteiger charge is -2.51. The summed E-state index contributed by atoms with van der Waals surface area (Å²) in [7, 11) is 8.02. The highest BCUT2D eigenvalue weighted by Crippen LogP contribution is 2.38. The van der Waals surface area contributed by atoms with Crippen molar-refractivity contribution >= 4 is 34.9 Å². The van der Waals surface area contributed by atoms with Crippen LogP contribution in [0.4, 0.5) is 0 Å². The van der Waals surface area contributed by atoms with Crippen LogP contribution in [-0.4, -0.2) is 73.4 Å². The van der Waals surface area contributed by atoms with Gasteiger partial charge in [-0.1, -0.05) is 52.0 Å². The zero-order chi connectivity index (χ0) is 32.3. The minimum atomic E-state index is -0.764. The van der Waals surface area contributed by atoms with Crippen molar-refractivity contribution in [3.63, 3.8) is 0 Å². The molecular weight excluding hydrogens is 643 g/mol. The molecule has 2 rings (SSSR count). The largest absolute Gasteiger partial charge is 0.422 e. The van der Waals surface area contributed by atoms with Crippen molar-refractivity contribution in [2.24, 2.45) is 0 Å². The van der Waals surface area contributed by atoms with Gasteiger partial charge in [0.05, 0.1) is 34.6 Å². The molecule has 0 heterocycles. The number of rotatable bonds is 13. The Morgan fingerprint density at radius 3 is 1.48 bits per heavy atom. The fourth-order valence-corrected chi connectivity index (χ4v) is 5.55. The summed E-state index contributed by atoms with van der Waals surface area (Å²) in [6.45, 7) is 18.9. The summed E-state index contributed by atoms with van der Waals surface area (Å²) in [6.07, 6.45) is 0.563. The van der Waals surface area contributed by atoms with E-state index in [-0.39, 0.29) is 29.5 Å². The van der Waals surface area contributed by atoms with E-state index in [1.54, 1.807) is 0 Å². The Bertz CT molecular complexity index is 1270. The van der Waals surface area contributed by atoms with Crippen LogP contribution in [0.25, 0.3) is 0 Å². The first-order chi connectivity index (χ1) is 19.1. The lowest BCUT2D eigenvalue weighted by molar-refractivity contribution is -0.971. The molecule has 0 bridgehead atoms. The molecule has 2 aromatic rings. The zero-order valence-electron chi connectivity index (χ0n) is 28.1. The third-order valence-electron chi connectivity index (χ3n) is 9.10. The lowest BCUT2D eigenvalue weighted by atomic mass is 9.88. The first-order valence-corrected chi connectivity index (χ1v) is 15.6.